The van der Waals surface area contributed by atoms with Crippen molar-refractivity contribution in [3.63, 3.8) is 0 Å². The molecule has 0 bridgehead atoms. The Hall–Kier alpha value is -0.700. The molecule has 7 nitrogen and oxygen atoms in total. The highest BCUT2D eigenvalue weighted by molar-refractivity contribution is 7.87. The Kier molecular flexibility index (Phi) is 5.00. The van der Waals surface area contributed by atoms with E-state index in [1.54, 1.807) is 0 Å². The van der Waals surface area contributed by atoms with Gasteiger partial charge in [-0.1, -0.05) is 0 Å². The fraction of sp³-hybridized carbons (Fsp3) is 0.917. The number of aliphatic carboxylic acids is 1. The molecule has 1 aliphatic heterocycles. The number of nitrogens with one attached hydrogen (secondary N) is 1. The number of nitrogens with zero attached hydrogens (tertiary/aromatic N) is 1. The summed E-state index contributed by atoms with van der Waals surface area (Å²) in [7, 11) is -3.58. The Morgan fingerprint density at radius 2 is 2.15 bits per heavy atom. The number of carbonyl (C=O) groups is 1. The minimum atomic E-state index is -3.58. The first-order valence-electron chi connectivity index (χ1n) is 7.04. The number of rotatable bonds is 6. The lowest BCUT2D eigenvalue weighted by Gasteiger charge is -2.37. The van der Waals surface area contributed by atoms with E-state index in [0.717, 1.165) is 0 Å². The van der Waals surface area contributed by atoms with Crippen LogP contribution in [0.3, 0.4) is 0 Å². The third kappa shape index (κ3) is 3.69. The normalized spacial score (nSPS) is 31.8. The molecule has 0 spiro atoms. The summed E-state index contributed by atoms with van der Waals surface area (Å²) in [5.41, 5.74) is 0. The lowest BCUT2D eigenvalue weighted by atomic mass is 9.90. The molecule has 0 aromatic heterocycles. The van der Waals surface area contributed by atoms with Crippen LogP contribution < -0.4 is 4.72 Å². The summed E-state index contributed by atoms with van der Waals surface area (Å²) in [4.78, 5) is 11.0. The summed E-state index contributed by atoms with van der Waals surface area (Å²) in [5, 5.41) is 9.00. The van der Waals surface area contributed by atoms with Gasteiger partial charge in [0.15, 0.2) is 0 Å². The second kappa shape index (κ2) is 6.38. The van der Waals surface area contributed by atoms with Gasteiger partial charge in [0.2, 0.25) is 0 Å². The Labute approximate surface area is 119 Å². The molecule has 0 aromatic carbocycles. The van der Waals surface area contributed by atoms with E-state index >= 15 is 0 Å². The second-order valence-electron chi connectivity index (χ2n) is 5.40. The van der Waals surface area contributed by atoms with Crippen LogP contribution in [0, 0.1) is 5.92 Å². The standard InChI is InChI=1S/C12H22N2O5S/c1-2-19-11-6-10(7-11)13-20(17,18)14-5-3-4-9(8-14)12(15)16/h9-11,13H,2-8H2,1H3,(H,15,16). The number of hydrogen-bond acceptors (Lipinski definition) is 4. The lowest BCUT2D eigenvalue weighted by Crippen LogP contribution is -2.54. The first-order valence-corrected chi connectivity index (χ1v) is 8.48. The van der Waals surface area contributed by atoms with Crippen LogP contribution in [0.25, 0.3) is 0 Å². The van der Waals surface area contributed by atoms with Crippen molar-refractivity contribution >= 4 is 16.2 Å². The topological polar surface area (TPSA) is 95.9 Å². The molecule has 0 radical (unpaired) electrons. The SMILES string of the molecule is CCOC1CC(NS(=O)(=O)N2CCCC(C(=O)O)C2)C1. The van der Waals surface area contributed by atoms with Crippen LogP contribution in [0.5, 0.6) is 0 Å². The van der Waals surface area contributed by atoms with E-state index < -0.39 is 22.1 Å². The van der Waals surface area contributed by atoms with Gasteiger partial charge in [-0.25, -0.2) is 0 Å². The van der Waals surface area contributed by atoms with E-state index in [0.29, 0.717) is 38.8 Å². The predicted molar refractivity (Wildman–Crippen MR) is 72.4 cm³/mol. The Morgan fingerprint density at radius 3 is 2.75 bits per heavy atom. The smallest absolute Gasteiger partial charge is 0.307 e. The van der Waals surface area contributed by atoms with Crippen molar-refractivity contribution in [2.24, 2.45) is 5.92 Å². The maximum absolute atomic E-state index is 12.2. The fourth-order valence-electron chi connectivity index (χ4n) is 2.68. The summed E-state index contributed by atoms with van der Waals surface area (Å²) in [5.74, 6) is -1.53. The maximum atomic E-state index is 12.2. The van der Waals surface area contributed by atoms with Gasteiger partial charge in [-0.05, 0) is 32.6 Å². The molecule has 1 saturated carbocycles. The first-order chi connectivity index (χ1) is 9.42. The molecule has 2 N–H and O–H groups in total. The molecular weight excluding hydrogens is 284 g/mol. The van der Waals surface area contributed by atoms with E-state index in [1.807, 2.05) is 6.92 Å². The van der Waals surface area contributed by atoms with Gasteiger partial charge >= 0.3 is 5.97 Å². The number of ether oxygens (including phenoxy) is 1. The molecule has 1 aliphatic carbocycles. The van der Waals surface area contributed by atoms with E-state index in [9.17, 15) is 13.2 Å². The third-order valence-electron chi connectivity index (χ3n) is 3.89. The third-order valence-corrected chi connectivity index (χ3v) is 5.53. The quantitative estimate of drug-likeness (QED) is 0.730. The van der Waals surface area contributed by atoms with Gasteiger partial charge in [-0.3, -0.25) is 4.79 Å². The van der Waals surface area contributed by atoms with Gasteiger partial charge in [0.25, 0.3) is 10.2 Å². The molecule has 2 aliphatic rings. The predicted octanol–water partition coefficient (Wildman–Crippen LogP) is 0.185. The van der Waals surface area contributed by atoms with Gasteiger partial charge in [-0.2, -0.15) is 17.4 Å². The summed E-state index contributed by atoms with van der Waals surface area (Å²) in [6, 6.07) is -0.0956. The highest BCUT2D eigenvalue weighted by atomic mass is 32.2. The average molecular weight is 306 g/mol. The number of piperidine rings is 1. The van der Waals surface area contributed by atoms with Crippen LogP contribution in [-0.2, 0) is 19.7 Å². The molecule has 20 heavy (non-hydrogen) atoms. The van der Waals surface area contributed by atoms with Crippen LogP contribution in [0.2, 0.25) is 0 Å². The average Bonchev–Trinajstić information content (AvgIpc) is 2.36. The van der Waals surface area contributed by atoms with Crippen molar-refractivity contribution in [1.82, 2.24) is 9.03 Å². The minimum Gasteiger partial charge on any atom is -0.481 e. The van der Waals surface area contributed by atoms with Crippen LogP contribution in [0.15, 0.2) is 0 Å². The van der Waals surface area contributed by atoms with Gasteiger partial charge in [0, 0.05) is 25.7 Å². The molecule has 8 heteroatoms. The van der Waals surface area contributed by atoms with E-state index in [4.69, 9.17) is 9.84 Å². The highest BCUT2D eigenvalue weighted by Crippen LogP contribution is 2.25. The molecular formula is C12H22N2O5S. The van der Waals surface area contributed by atoms with Crippen molar-refractivity contribution in [3.05, 3.63) is 0 Å². The molecule has 1 unspecified atom stereocenters. The molecule has 0 aromatic rings. The number of carboxylic acids is 1. The second-order valence-corrected chi connectivity index (χ2v) is 7.11. The number of hydrogen-bond donors (Lipinski definition) is 2. The van der Waals surface area contributed by atoms with Crippen LogP contribution in [0.4, 0.5) is 0 Å². The van der Waals surface area contributed by atoms with Crippen LogP contribution in [0.1, 0.15) is 32.6 Å². The number of carboxylic acid groups (broad SMARTS) is 1. The Morgan fingerprint density at radius 1 is 1.45 bits per heavy atom. The highest BCUT2D eigenvalue weighted by Gasteiger charge is 2.37. The summed E-state index contributed by atoms with van der Waals surface area (Å²) < 4.78 is 33.7. The van der Waals surface area contributed by atoms with Gasteiger partial charge in [0.1, 0.15) is 0 Å². The fourth-order valence-corrected chi connectivity index (χ4v) is 4.19. The van der Waals surface area contributed by atoms with E-state index in [1.165, 1.54) is 4.31 Å². The molecule has 1 atom stereocenters. The van der Waals surface area contributed by atoms with E-state index in [-0.39, 0.29) is 18.7 Å². The van der Waals surface area contributed by atoms with Gasteiger partial charge < -0.3 is 9.84 Å². The van der Waals surface area contributed by atoms with Crippen molar-refractivity contribution in [3.8, 4) is 0 Å². The molecule has 116 valence electrons. The zero-order chi connectivity index (χ0) is 14.8. The summed E-state index contributed by atoms with van der Waals surface area (Å²) in [6.45, 7) is 3.00. The van der Waals surface area contributed by atoms with Crippen LogP contribution in [-0.4, -0.2) is 55.6 Å². The van der Waals surface area contributed by atoms with Crippen molar-refractivity contribution < 1.29 is 23.1 Å². The minimum absolute atomic E-state index is 0.0618. The molecule has 0 amide bonds. The van der Waals surface area contributed by atoms with E-state index in [2.05, 4.69) is 4.72 Å². The Balaban J connectivity index is 1.86. The maximum Gasteiger partial charge on any atom is 0.307 e. The Bertz CT molecular complexity index is 447. The zero-order valence-electron chi connectivity index (χ0n) is 11.6. The monoisotopic (exact) mass is 306 g/mol. The summed E-state index contributed by atoms with van der Waals surface area (Å²) >= 11 is 0. The molecule has 2 rings (SSSR count). The molecule has 1 saturated heterocycles. The van der Waals surface area contributed by atoms with Crippen molar-refractivity contribution in [2.75, 3.05) is 19.7 Å². The molecule has 2 fully saturated rings. The van der Waals surface area contributed by atoms with Gasteiger partial charge in [-0.15, -0.1) is 0 Å². The summed E-state index contributed by atoms with van der Waals surface area (Å²) in [6.07, 6.45) is 2.63. The zero-order valence-corrected chi connectivity index (χ0v) is 12.4. The molecule has 1 heterocycles. The first kappa shape index (κ1) is 15.7. The van der Waals surface area contributed by atoms with Crippen LogP contribution >= 0.6 is 0 Å². The largest absolute Gasteiger partial charge is 0.481 e. The lowest BCUT2D eigenvalue weighted by molar-refractivity contribution is -0.142. The van der Waals surface area contributed by atoms with Crippen molar-refractivity contribution in [1.29, 1.82) is 0 Å². The van der Waals surface area contributed by atoms with Gasteiger partial charge in [0.05, 0.1) is 12.0 Å². The van der Waals surface area contributed by atoms with Crippen molar-refractivity contribution in [2.45, 2.75) is 44.8 Å².